The Morgan fingerprint density at radius 2 is 1.95 bits per heavy atom. The number of anilines is 1. The number of rotatable bonds is 4. The molecule has 1 rings (SSSR count). The summed E-state index contributed by atoms with van der Waals surface area (Å²) in [6.07, 6.45) is 0.418. The molecule has 0 heterocycles. The summed E-state index contributed by atoms with van der Waals surface area (Å²) in [6.45, 7) is 3.93. The lowest BCUT2D eigenvalue weighted by atomic mass is 10.1. The highest BCUT2D eigenvalue weighted by Crippen LogP contribution is 2.12. The van der Waals surface area contributed by atoms with E-state index in [0.717, 1.165) is 0 Å². The van der Waals surface area contributed by atoms with Crippen LogP contribution in [0.4, 0.5) is 5.69 Å². The van der Waals surface area contributed by atoms with E-state index in [1.54, 1.807) is 38.4 Å². The Morgan fingerprint density at radius 3 is 2.52 bits per heavy atom. The van der Waals surface area contributed by atoms with Crippen LogP contribution in [0.5, 0.6) is 0 Å². The normalized spacial score (nSPS) is 10.1. The molecule has 1 aromatic carbocycles. The molecule has 0 aromatic heterocycles. The lowest BCUT2D eigenvalue weighted by Crippen LogP contribution is -2.34. The topological polar surface area (TPSA) is 61.4 Å². The van der Waals surface area contributed by atoms with E-state index >= 15 is 0 Å². The Hall–Kier alpha value is -1.95. The van der Waals surface area contributed by atoms with Crippen molar-refractivity contribution >= 4 is 34.8 Å². The molecular weight excluding hydrogens is 286 g/mol. The molecule has 0 radical (unpaired) electrons. The van der Waals surface area contributed by atoms with Gasteiger partial charge in [0.15, 0.2) is 5.11 Å². The predicted octanol–water partition coefficient (Wildman–Crippen LogP) is 2.25. The van der Waals surface area contributed by atoms with E-state index in [4.69, 9.17) is 12.2 Å². The van der Waals surface area contributed by atoms with Crippen LogP contribution >= 0.6 is 12.2 Å². The predicted molar refractivity (Wildman–Crippen MR) is 88.3 cm³/mol. The van der Waals surface area contributed by atoms with E-state index in [1.165, 1.54) is 4.90 Å². The Balaban J connectivity index is 2.67. The van der Waals surface area contributed by atoms with Gasteiger partial charge in [0.1, 0.15) is 0 Å². The Morgan fingerprint density at radius 1 is 1.29 bits per heavy atom. The van der Waals surface area contributed by atoms with Crippen LogP contribution in [-0.4, -0.2) is 35.9 Å². The van der Waals surface area contributed by atoms with Crippen molar-refractivity contribution in [1.29, 1.82) is 0 Å². The summed E-state index contributed by atoms with van der Waals surface area (Å²) in [4.78, 5) is 25.0. The lowest BCUT2D eigenvalue weighted by molar-refractivity contribution is -0.120. The first-order valence-corrected chi connectivity index (χ1v) is 7.13. The number of hydrogen-bond acceptors (Lipinski definition) is 3. The summed E-state index contributed by atoms with van der Waals surface area (Å²) in [5.74, 6) is 0.0604. The zero-order valence-electron chi connectivity index (χ0n) is 12.8. The Labute approximate surface area is 130 Å². The van der Waals surface area contributed by atoms with Gasteiger partial charge in [-0.25, -0.2) is 0 Å². The summed E-state index contributed by atoms with van der Waals surface area (Å²) in [5.41, 5.74) is 1.22. The summed E-state index contributed by atoms with van der Waals surface area (Å²) in [7, 11) is 3.39. The fourth-order valence-corrected chi connectivity index (χ4v) is 1.93. The highest BCUT2D eigenvalue weighted by atomic mass is 32.1. The number of nitrogens with zero attached hydrogens (tertiary/aromatic N) is 1. The smallest absolute Gasteiger partial charge is 0.253 e. The summed E-state index contributed by atoms with van der Waals surface area (Å²) in [5, 5.41) is 5.76. The van der Waals surface area contributed by atoms with E-state index in [1.807, 2.05) is 13.8 Å². The molecule has 21 heavy (non-hydrogen) atoms. The highest BCUT2D eigenvalue weighted by molar-refractivity contribution is 7.80. The molecule has 0 spiro atoms. The SMILES string of the molecule is CC(C)CC(=O)NC(=S)Nc1cccc(C(=O)N(C)C)c1. The molecule has 0 unspecified atom stereocenters. The van der Waals surface area contributed by atoms with Crippen LogP contribution in [0.25, 0.3) is 0 Å². The van der Waals surface area contributed by atoms with E-state index in [-0.39, 0.29) is 22.8 Å². The summed E-state index contributed by atoms with van der Waals surface area (Å²) < 4.78 is 0. The average molecular weight is 307 g/mol. The molecule has 0 aliphatic heterocycles. The van der Waals surface area contributed by atoms with Crippen molar-refractivity contribution in [2.45, 2.75) is 20.3 Å². The minimum Gasteiger partial charge on any atom is -0.345 e. The first kappa shape index (κ1) is 17.1. The van der Waals surface area contributed by atoms with Crippen molar-refractivity contribution in [3.05, 3.63) is 29.8 Å². The van der Waals surface area contributed by atoms with Crippen LogP contribution in [-0.2, 0) is 4.79 Å². The molecule has 0 aliphatic carbocycles. The third-order valence-corrected chi connectivity index (χ3v) is 2.82. The van der Waals surface area contributed by atoms with Gasteiger partial charge >= 0.3 is 0 Å². The first-order chi connectivity index (χ1) is 9.79. The Kier molecular flexibility index (Phi) is 6.30. The number of hydrogen-bond donors (Lipinski definition) is 2. The van der Waals surface area contributed by atoms with E-state index < -0.39 is 0 Å². The second kappa shape index (κ2) is 7.73. The van der Waals surface area contributed by atoms with E-state index in [0.29, 0.717) is 17.7 Å². The van der Waals surface area contributed by atoms with Gasteiger partial charge in [0.2, 0.25) is 5.91 Å². The molecule has 2 amide bonds. The first-order valence-electron chi connectivity index (χ1n) is 6.72. The van der Waals surface area contributed by atoms with Crippen molar-refractivity contribution in [3.63, 3.8) is 0 Å². The largest absolute Gasteiger partial charge is 0.345 e. The molecule has 2 N–H and O–H groups in total. The van der Waals surface area contributed by atoms with Gasteiger partial charge in [-0.1, -0.05) is 19.9 Å². The molecule has 5 nitrogen and oxygen atoms in total. The van der Waals surface area contributed by atoms with Gasteiger partial charge in [0, 0.05) is 31.8 Å². The van der Waals surface area contributed by atoms with Gasteiger partial charge in [-0.15, -0.1) is 0 Å². The molecule has 0 fully saturated rings. The molecule has 1 aromatic rings. The third kappa shape index (κ3) is 5.91. The van der Waals surface area contributed by atoms with Crippen molar-refractivity contribution in [3.8, 4) is 0 Å². The lowest BCUT2D eigenvalue weighted by Gasteiger charge is -2.13. The maximum atomic E-state index is 11.9. The average Bonchev–Trinajstić information content (AvgIpc) is 2.36. The van der Waals surface area contributed by atoms with Crippen LogP contribution in [0.3, 0.4) is 0 Å². The monoisotopic (exact) mass is 307 g/mol. The summed E-state index contributed by atoms with van der Waals surface area (Å²) in [6, 6.07) is 6.97. The zero-order chi connectivity index (χ0) is 16.0. The van der Waals surface area contributed by atoms with Gasteiger partial charge in [-0.3, -0.25) is 9.59 Å². The molecule has 0 aliphatic rings. The van der Waals surface area contributed by atoms with Gasteiger partial charge in [0.05, 0.1) is 0 Å². The van der Waals surface area contributed by atoms with Crippen LogP contribution < -0.4 is 10.6 Å². The van der Waals surface area contributed by atoms with E-state index in [9.17, 15) is 9.59 Å². The molecule has 6 heteroatoms. The van der Waals surface area contributed by atoms with Crippen LogP contribution in [0.1, 0.15) is 30.6 Å². The van der Waals surface area contributed by atoms with Crippen LogP contribution in [0.2, 0.25) is 0 Å². The van der Waals surface area contributed by atoms with E-state index in [2.05, 4.69) is 10.6 Å². The molecular formula is C15H21N3O2S. The van der Waals surface area contributed by atoms with Crippen molar-refractivity contribution in [2.75, 3.05) is 19.4 Å². The molecule has 0 saturated heterocycles. The fourth-order valence-electron chi connectivity index (χ4n) is 1.70. The second-order valence-electron chi connectivity index (χ2n) is 5.38. The Bertz CT molecular complexity index is 541. The quantitative estimate of drug-likeness (QED) is 0.838. The van der Waals surface area contributed by atoms with Crippen LogP contribution in [0.15, 0.2) is 24.3 Å². The highest BCUT2D eigenvalue weighted by Gasteiger charge is 2.10. The van der Waals surface area contributed by atoms with Gasteiger partial charge < -0.3 is 15.5 Å². The number of nitrogens with one attached hydrogen (secondary N) is 2. The maximum absolute atomic E-state index is 11.9. The number of thiocarbonyl (C=S) groups is 1. The number of carbonyl (C=O) groups is 2. The molecule has 0 bridgehead atoms. The van der Waals surface area contributed by atoms with Gasteiger partial charge in [0.25, 0.3) is 5.91 Å². The van der Waals surface area contributed by atoms with Gasteiger partial charge in [-0.05, 0) is 36.3 Å². The fraction of sp³-hybridized carbons (Fsp3) is 0.400. The minimum atomic E-state index is -0.122. The summed E-state index contributed by atoms with van der Waals surface area (Å²) >= 11 is 5.09. The molecule has 0 atom stereocenters. The molecule has 0 saturated carbocycles. The standard InChI is InChI=1S/C15H21N3O2S/c1-10(2)8-13(19)17-15(21)16-12-7-5-6-11(9-12)14(20)18(3)4/h5-7,9-10H,8H2,1-4H3,(H2,16,17,19,21). The van der Waals surface area contributed by atoms with Gasteiger partial charge in [-0.2, -0.15) is 0 Å². The van der Waals surface area contributed by atoms with Crippen molar-refractivity contribution in [2.24, 2.45) is 5.92 Å². The maximum Gasteiger partial charge on any atom is 0.253 e. The third-order valence-electron chi connectivity index (χ3n) is 2.62. The van der Waals surface area contributed by atoms with Crippen LogP contribution in [0, 0.1) is 5.92 Å². The van der Waals surface area contributed by atoms with Crippen molar-refractivity contribution < 1.29 is 9.59 Å². The minimum absolute atomic E-state index is 0.0894. The molecule has 114 valence electrons. The number of amides is 2. The van der Waals surface area contributed by atoms with Crippen molar-refractivity contribution in [1.82, 2.24) is 10.2 Å². The second-order valence-corrected chi connectivity index (χ2v) is 5.79. The zero-order valence-corrected chi connectivity index (χ0v) is 13.6. The number of benzene rings is 1. The number of carbonyl (C=O) groups excluding carboxylic acids is 2.